The van der Waals surface area contributed by atoms with Crippen molar-refractivity contribution in [3.63, 3.8) is 0 Å². The molecule has 118 valence electrons. The highest BCUT2D eigenvalue weighted by atomic mass is 16.5. The molecule has 23 heavy (non-hydrogen) atoms. The summed E-state index contributed by atoms with van der Waals surface area (Å²) in [7, 11) is 0. The summed E-state index contributed by atoms with van der Waals surface area (Å²) in [4.78, 5) is 10.3. The summed E-state index contributed by atoms with van der Waals surface area (Å²) in [5.41, 5.74) is 16.9. The van der Waals surface area contributed by atoms with E-state index in [9.17, 15) is 0 Å². The van der Waals surface area contributed by atoms with Crippen LogP contribution in [0.4, 0.5) is 17.1 Å². The van der Waals surface area contributed by atoms with Crippen molar-refractivity contribution >= 4 is 28.1 Å². The van der Waals surface area contributed by atoms with E-state index < -0.39 is 0 Å². The lowest BCUT2D eigenvalue weighted by Crippen LogP contribution is -2.36. The number of benzene rings is 2. The molecule has 0 spiro atoms. The lowest BCUT2D eigenvalue weighted by Gasteiger charge is -2.28. The fourth-order valence-corrected chi connectivity index (χ4v) is 2.87. The number of nitrogens with zero attached hydrogens (tertiary/aromatic N) is 2. The predicted octanol–water partition coefficient (Wildman–Crippen LogP) is 2.23. The van der Waals surface area contributed by atoms with E-state index in [0.29, 0.717) is 11.4 Å². The molecule has 1 fully saturated rings. The van der Waals surface area contributed by atoms with Crippen molar-refractivity contribution in [1.29, 1.82) is 0 Å². The Balaban J connectivity index is 1.71. The Morgan fingerprint density at radius 1 is 1.00 bits per heavy atom. The topological polar surface area (TPSA) is 93.2 Å². The van der Waals surface area contributed by atoms with Crippen molar-refractivity contribution in [3.05, 3.63) is 36.4 Å². The summed E-state index contributed by atoms with van der Waals surface area (Å²) in [5.74, 6) is 0.797. The maximum Gasteiger partial charge on any atom is 0.138 e. The molecular weight excluding hydrogens is 290 g/mol. The van der Waals surface area contributed by atoms with Crippen LogP contribution in [0.25, 0.3) is 22.4 Å². The van der Waals surface area contributed by atoms with E-state index in [4.69, 9.17) is 16.2 Å². The van der Waals surface area contributed by atoms with Crippen LogP contribution in [-0.2, 0) is 4.74 Å². The number of fused-ring (bicyclic) bond motifs is 1. The van der Waals surface area contributed by atoms with E-state index >= 15 is 0 Å². The minimum atomic E-state index is 0.567. The maximum absolute atomic E-state index is 5.89. The summed E-state index contributed by atoms with van der Waals surface area (Å²) >= 11 is 0. The summed E-state index contributed by atoms with van der Waals surface area (Å²) in [6.07, 6.45) is 0. The molecule has 0 aliphatic carbocycles. The van der Waals surface area contributed by atoms with Crippen LogP contribution in [0.5, 0.6) is 0 Å². The zero-order chi connectivity index (χ0) is 15.8. The first kappa shape index (κ1) is 13.9. The first-order valence-electron chi connectivity index (χ1n) is 7.68. The van der Waals surface area contributed by atoms with Crippen LogP contribution in [0.2, 0.25) is 0 Å². The van der Waals surface area contributed by atoms with Gasteiger partial charge in [-0.25, -0.2) is 4.98 Å². The largest absolute Gasteiger partial charge is 0.397 e. The van der Waals surface area contributed by atoms with Crippen LogP contribution in [0.1, 0.15) is 0 Å². The second-order valence-corrected chi connectivity index (χ2v) is 5.73. The van der Waals surface area contributed by atoms with Crippen molar-refractivity contribution in [2.45, 2.75) is 0 Å². The molecule has 3 aromatic rings. The fraction of sp³-hybridized carbons (Fsp3) is 0.235. The van der Waals surface area contributed by atoms with Gasteiger partial charge in [-0.3, -0.25) is 0 Å². The van der Waals surface area contributed by atoms with E-state index in [1.54, 1.807) is 6.07 Å². The molecule has 0 amide bonds. The molecule has 0 saturated carbocycles. The molecule has 1 saturated heterocycles. The number of hydrogen-bond acceptors (Lipinski definition) is 5. The number of morpholine rings is 1. The number of anilines is 3. The molecule has 5 N–H and O–H groups in total. The minimum Gasteiger partial charge on any atom is -0.397 e. The third-order valence-electron chi connectivity index (χ3n) is 4.20. The number of H-pyrrole nitrogens is 1. The average molecular weight is 309 g/mol. The van der Waals surface area contributed by atoms with Gasteiger partial charge in [0.15, 0.2) is 0 Å². The van der Waals surface area contributed by atoms with Gasteiger partial charge in [-0.05, 0) is 36.4 Å². The zero-order valence-corrected chi connectivity index (χ0v) is 12.7. The molecule has 0 atom stereocenters. The van der Waals surface area contributed by atoms with Crippen molar-refractivity contribution < 1.29 is 4.74 Å². The monoisotopic (exact) mass is 309 g/mol. The molecule has 6 nitrogen and oxygen atoms in total. The van der Waals surface area contributed by atoms with Crippen molar-refractivity contribution in [1.82, 2.24) is 9.97 Å². The Morgan fingerprint density at radius 2 is 1.83 bits per heavy atom. The minimum absolute atomic E-state index is 0.567. The second kappa shape index (κ2) is 5.48. The fourth-order valence-electron chi connectivity index (χ4n) is 2.87. The average Bonchev–Trinajstić information content (AvgIpc) is 3.01. The number of nitrogen functional groups attached to an aromatic ring is 2. The van der Waals surface area contributed by atoms with Gasteiger partial charge in [0.05, 0.1) is 35.6 Å². The molecule has 2 aromatic carbocycles. The van der Waals surface area contributed by atoms with Crippen LogP contribution in [-0.4, -0.2) is 36.3 Å². The highest BCUT2D eigenvalue weighted by molar-refractivity contribution is 5.84. The van der Waals surface area contributed by atoms with Crippen LogP contribution in [0, 0.1) is 0 Å². The summed E-state index contributed by atoms with van der Waals surface area (Å²) in [6, 6.07) is 11.9. The molecule has 0 bridgehead atoms. The van der Waals surface area contributed by atoms with Crippen LogP contribution in [0.15, 0.2) is 36.4 Å². The number of imidazole rings is 1. The number of aromatic amines is 1. The van der Waals surface area contributed by atoms with Crippen LogP contribution in [0.3, 0.4) is 0 Å². The van der Waals surface area contributed by atoms with E-state index in [0.717, 1.165) is 48.7 Å². The number of ether oxygens (including phenoxy) is 1. The van der Waals surface area contributed by atoms with E-state index in [-0.39, 0.29) is 0 Å². The number of nitrogens with one attached hydrogen (secondary N) is 1. The molecule has 0 radical (unpaired) electrons. The molecule has 4 rings (SSSR count). The number of rotatable bonds is 2. The molecular formula is C17H19N5O. The van der Waals surface area contributed by atoms with E-state index in [1.165, 1.54) is 5.69 Å². The Bertz CT molecular complexity index is 851. The summed E-state index contributed by atoms with van der Waals surface area (Å²) < 4.78 is 5.41. The van der Waals surface area contributed by atoms with Gasteiger partial charge in [-0.15, -0.1) is 0 Å². The van der Waals surface area contributed by atoms with Crippen LogP contribution < -0.4 is 16.4 Å². The molecule has 1 aliphatic heterocycles. The third-order valence-corrected chi connectivity index (χ3v) is 4.20. The third kappa shape index (κ3) is 2.57. The Kier molecular flexibility index (Phi) is 3.31. The number of nitrogens with two attached hydrogens (primary N) is 2. The van der Waals surface area contributed by atoms with E-state index in [2.05, 4.69) is 27.0 Å². The smallest absolute Gasteiger partial charge is 0.138 e. The summed E-state index contributed by atoms with van der Waals surface area (Å²) in [5, 5.41) is 0. The Hall–Kier alpha value is -2.73. The van der Waals surface area contributed by atoms with Crippen molar-refractivity contribution in [3.8, 4) is 11.4 Å². The number of aromatic nitrogens is 2. The van der Waals surface area contributed by atoms with Gasteiger partial charge in [0.2, 0.25) is 0 Å². The van der Waals surface area contributed by atoms with Gasteiger partial charge in [0, 0.05) is 24.3 Å². The zero-order valence-electron chi connectivity index (χ0n) is 12.7. The van der Waals surface area contributed by atoms with Crippen LogP contribution >= 0.6 is 0 Å². The quantitative estimate of drug-likeness (QED) is 0.631. The molecule has 1 aromatic heterocycles. The van der Waals surface area contributed by atoms with Crippen molar-refractivity contribution in [2.24, 2.45) is 0 Å². The van der Waals surface area contributed by atoms with Gasteiger partial charge in [0.1, 0.15) is 5.82 Å². The van der Waals surface area contributed by atoms with Gasteiger partial charge in [-0.1, -0.05) is 0 Å². The predicted molar refractivity (Wildman–Crippen MR) is 93.4 cm³/mol. The number of hydrogen-bond donors (Lipinski definition) is 3. The van der Waals surface area contributed by atoms with Gasteiger partial charge in [0.25, 0.3) is 0 Å². The van der Waals surface area contributed by atoms with Gasteiger partial charge >= 0.3 is 0 Å². The molecule has 6 heteroatoms. The maximum atomic E-state index is 5.89. The first-order valence-corrected chi connectivity index (χ1v) is 7.68. The highest BCUT2D eigenvalue weighted by Crippen LogP contribution is 2.27. The van der Waals surface area contributed by atoms with E-state index in [1.807, 2.05) is 18.2 Å². The second-order valence-electron chi connectivity index (χ2n) is 5.73. The van der Waals surface area contributed by atoms with Crippen molar-refractivity contribution in [2.75, 3.05) is 42.7 Å². The summed E-state index contributed by atoms with van der Waals surface area (Å²) in [6.45, 7) is 3.38. The lowest BCUT2D eigenvalue weighted by molar-refractivity contribution is 0.122. The highest BCUT2D eigenvalue weighted by Gasteiger charge is 2.13. The molecule has 1 aliphatic rings. The SMILES string of the molecule is Nc1ccc(-c2nc3ccc(N4CCOCC4)cc3[nH]2)cc1N. The Morgan fingerprint density at radius 3 is 2.61 bits per heavy atom. The lowest BCUT2D eigenvalue weighted by atomic mass is 10.1. The van der Waals surface area contributed by atoms with Gasteiger partial charge < -0.3 is 26.1 Å². The van der Waals surface area contributed by atoms with Gasteiger partial charge in [-0.2, -0.15) is 0 Å². The standard InChI is InChI=1S/C17H19N5O/c18-13-3-1-11(9-14(13)19)17-20-15-4-2-12(10-16(15)21-17)22-5-7-23-8-6-22/h1-4,9-10H,5-8,18-19H2,(H,20,21). The first-order chi connectivity index (χ1) is 11.2. The Labute approximate surface area is 134 Å². The normalized spacial score (nSPS) is 15.2. The molecule has 2 heterocycles. The molecule has 0 unspecified atom stereocenters.